The monoisotopic (exact) mass is 375 g/mol. The van der Waals surface area contributed by atoms with Crippen molar-refractivity contribution in [1.82, 2.24) is 5.32 Å². The Kier molecular flexibility index (Phi) is 7.04. The van der Waals surface area contributed by atoms with Crippen LogP contribution in [-0.4, -0.2) is 25.7 Å². The van der Waals surface area contributed by atoms with Crippen LogP contribution in [0.4, 0.5) is 0 Å². The van der Waals surface area contributed by atoms with E-state index in [1.165, 1.54) is 6.20 Å². The normalized spacial score (nSPS) is 11.7. The van der Waals surface area contributed by atoms with Gasteiger partial charge in [-0.1, -0.05) is 47.5 Å². The summed E-state index contributed by atoms with van der Waals surface area (Å²) in [5.41, 5.74) is 8.47. The quantitative estimate of drug-likeness (QED) is 0.750. The Hall–Kier alpha value is -2.30. The van der Waals surface area contributed by atoms with Crippen molar-refractivity contribution >= 4 is 40.9 Å². The topological polar surface area (TPSA) is 67.5 Å². The van der Waals surface area contributed by atoms with Crippen molar-refractivity contribution in [2.45, 2.75) is 6.42 Å². The van der Waals surface area contributed by atoms with Gasteiger partial charge in [-0.15, -0.1) is 0 Å². The van der Waals surface area contributed by atoms with Crippen molar-refractivity contribution in [3.8, 4) is 0 Å². The molecular formula is C19H19Cl2N3O. The van der Waals surface area contributed by atoms with Crippen molar-refractivity contribution in [2.24, 2.45) is 10.7 Å². The molecule has 0 atom stereocenters. The van der Waals surface area contributed by atoms with E-state index in [1.807, 2.05) is 24.3 Å². The van der Waals surface area contributed by atoms with Gasteiger partial charge in [0.15, 0.2) is 0 Å². The van der Waals surface area contributed by atoms with E-state index in [-0.39, 0.29) is 5.91 Å². The number of halogens is 2. The van der Waals surface area contributed by atoms with Crippen LogP contribution in [0, 0.1) is 0 Å². The first-order valence-electron chi connectivity index (χ1n) is 7.72. The lowest BCUT2D eigenvalue weighted by molar-refractivity contribution is 0.0954. The van der Waals surface area contributed by atoms with Crippen LogP contribution in [0.3, 0.4) is 0 Å². The molecule has 130 valence electrons. The second-order valence-corrected chi connectivity index (χ2v) is 6.12. The molecule has 6 heteroatoms. The molecule has 0 spiro atoms. The van der Waals surface area contributed by atoms with Gasteiger partial charge in [-0.3, -0.25) is 9.79 Å². The summed E-state index contributed by atoms with van der Waals surface area (Å²) in [5.74, 6) is -0.247. The lowest BCUT2D eigenvalue weighted by Gasteiger charge is -2.10. The predicted molar refractivity (Wildman–Crippen MR) is 106 cm³/mol. The van der Waals surface area contributed by atoms with Crippen LogP contribution < -0.4 is 11.1 Å². The highest BCUT2D eigenvalue weighted by atomic mass is 35.5. The first-order chi connectivity index (χ1) is 12.1. The number of benzene rings is 2. The van der Waals surface area contributed by atoms with E-state index >= 15 is 0 Å². The second-order valence-electron chi connectivity index (χ2n) is 5.30. The zero-order chi connectivity index (χ0) is 18.2. The van der Waals surface area contributed by atoms with Gasteiger partial charge in [-0.05, 0) is 35.7 Å². The number of hydrogen-bond donors (Lipinski definition) is 2. The average Bonchev–Trinajstić information content (AvgIpc) is 2.62. The van der Waals surface area contributed by atoms with Gasteiger partial charge in [0, 0.05) is 36.6 Å². The molecule has 2 aromatic carbocycles. The van der Waals surface area contributed by atoms with E-state index in [9.17, 15) is 4.79 Å². The molecule has 0 fully saturated rings. The minimum absolute atomic E-state index is 0.247. The molecule has 0 aliphatic heterocycles. The molecule has 0 aliphatic carbocycles. The smallest absolute Gasteiger partial charge is 0.252 e. The number of allylic oxidation sites excluding steroid dienone is 1. The maximum absolute atomic E-state index is 12.4. The summed E-state index contributed by atoms with van der Waals surface area (Å²) >= 11 is 12.3. The highest BCUT2D eigenvalue weighted by Gasteiger charge is 2.12. The molecule has 25 heavy (non-hydrogen) atoms. The largest absolute Gasteiger partial charge is 0.404 e. The molecule has 3 N–H and O–H groups in total. The van der Waals surface area contributed by atoms with Crippen molar-refractivity contribution in [3.05, 3.63) is 75.4 Å². The Balaban J connectivity index is 2.09. The fourth-order valence-electron chi connectivity index (χ4n) is 2.34. The number of amides is 1. The van der Waals surface area contributed by atoms with E-state index < -0.39 is 0 Å². The summed E-state index contributed by atoms with van der Waals surface area (Å²) < 4.78 is 0. The summed E-state index contributed by atoms with van der Waals surface area (Å²) in [7, 11) is 1.65. The second kappa shape index (κ2) is 9.25. The summed E-state index contributed by atoms with van der Waals surface area (Å²) in [6.45, 7) is 0.457. The van der Waals surface area contributed by atoms with Crippen molar-refractivity contribution < 1.29 is 4.79 Å². The van der Waals surface area contributed by atoms with Gasteiger partial charge in [0.05, 0.1) is 10.6 Å². The summed E-state index contributed by atoms with van der Waals surface area (Å²) in [6, 6.07) is 12.7. The maximum atomic E-state index is 12.4. The third kappa shape index (κ3) is 5.08. The molecule has 0 unspecified atom stereocenters. The van der Waals surface area contributed by atoms with Crippen LogP contribution in [0.1, 0.15) is 21.5 Å². The van der Waals surface area contributed by atoms with Gasteiger partial charge in [0.2, 0.25) is 0 Å². The van der Waals surface area contributed by atoms with Gasteiger partial charge >= 0.3 is 0 Å². The number of nitrogens with zero attached hydrogens (tertiary/aromatic N) is 1. The molecule has 0 radical (unpaired) electrons. The van der Waals surface area contributed by atoms with E-state index in [1.54, 1.807) is 31.5 Å². The Labute approximate surface area is 157 Å². The minimum atomic E-state index is -0.247. The maximum Gasteiger partial charge on any atom is 0.252 e. The summed E-state index contributed by atoms with van der Waals surface area (Å²) in [5, 5.41) is 3.93. The van der Waals surface area contributed by atoms with Crippen LogP contribution in [0.25, 0.3) is 5.57 Å². The molecule has 0 saturated carbocycles. The minimum Gasteiger partial charge on any atom is -0.404 e. The fourth-order valence-corrected chi connectivity index (χ4v) is 2.77. The number of carbonyl (C=O) groups is 1. The molecule has 2 rings (SSSR count). The lowest BCUT2D eigenvalue weighted by atomic mass is 10.0. The van der Waals surface area contributed by atoms with Crippen LogP contribution >= 0.6 is 23.2 Å². The standard InChI is InChI=1S/C19H19Cl2N3O/c1-23-12-15(11-22)14-6-7-18(21)16(10-14)19(25)24-9-8-13-4-2-3-5-17(13)20/h2-7,10-12H,8-9,22H2,1H3,(H,24,25)/b15-11+,23-12-. The molecule has 0 aromatic heterocycles. The molecule has 2 aromatic rings. The number of carbonyl (C=O) groups excluding carboxylic acids is 1. The van der Waals surface area contributed by atoms with Crippen molar-refractivity contribution in [3.63, 3.8) is 0 Å². The van der Waals surface area contributed by atoms with E-state index in [4.69, 9.17) is 28.9 Å². The average molecular weight is 376 g/mol. The molecule has 4 nitrogen and oxygen atoms in total. The van der Waals surface area contributed by atoms with Gasteiger partial charge in [0.25, 0.3) is 5.91 Å². The number of nitrogens with two attached hydrogens (primary N) is 1. The van der Waals surface area contributed by atoms with Crippen molar-refractivity contribution in [1.29, 1.82) is 0 Å². The SMILES string of the molecule is C/N=C\C(=C/N)c1ccc(Cl)c(C(=O)NCCc2ccccc2Cl)c1. The van der Waals surface area contributed by atoms with Gasteiger partial charge < -0.3 is 11.1 Å². The van der Waals surface area contributed by atoms with E-state index in [0.29, 0.717) is 34.1 Å². The first-order valence-corrected chi connectivity index (χ1v) is 8.48. The Morgan fingerprint density at radius 1 is 1.20 bits per heavy atom. The Bertz CT molecular complexity index is 816. The van der Waals surface area contributed by atoms with Crippen LogP contribution in [0.15, 0.2) is 53.7 Å². The molecule has 0 bridgehead atoms. The number of aliphatic imine (C=N–C) groups is 1. The number of rotatable bonds is 6. The molecular weight excluding hydrogens is 357 g/mol. The predicted octanol–water partition coefficient (Wildman–Crippen LogP) is 3.97. The van der Waals surface area contributed by atoms with Gasteiger partial charge in [-0.25, -0.2) is 0 Å². The number of hydrogen-bond acceptors (Lipinski definition) is 3. The molecule has 0 heterocycles. The zero-order valence-electron chi connectivity index (χ0n) is 13.8. The van der Waals surface area contributed by atoms with Crippen LogP contribution in [0.2, 0.25) is 10.0 Å². The molecule has 0 saturated heterocycles. The van der Waals surface area contributed by atoms with Gasteiger partial charge in [0.1, 0.15) is 0 Å². The molecule has 0 aliphatic rings. The highest BCUT2D eigenvalue weighted by molar-refractivity contribution is 6.34. The summed E-state index contributed by atoms with van der Waals surface area (Å²) in [6.07, 6.45) is 3.71. The van der Waals surface area contributed by atoms with E-state index in [2.05, 4.69) is 10.3 Å². The Morgan fingerprint density at radius 3 is 2.64 bits per heavy atom. The Morgan fingerprint density at radius 2 is 1.96 bits per heavy atom. The van der Waals surface area contributed by atoms with E-state index in [0.717, 1.165) is 11.1 Å². The third-order valence-corrected chi connectivity index (χ3v) is 4.33. The van der Waals surface area contributed by atoms with Gasteiger partial charge in [-0.2, -0.15) is 0 Å². The first kappa shape index (κ1) is 19.0. The lowest BCUT2D eigenvalue weighted by Crippen LogP contribution is -2.26. The third-order valence-electron chi connectivity index (χ3n) is 3.63. The zero-order valence-corrected chi connectivity index (χ0v) is 15.3. The fraction of sp³-hybridized carbons (Fsp3) is 0.158. The summed E-state index contributed by atoms with van der Waals surface area (Å²) in [4.78, 5) is 16.4. The van der Waals surface area contributed by atoms with Crippen molar-refractivity contribution in [2.75, 3.05) is 13.6 Å². The highest BCUT2D eigenvalue weighted by Crippen LogP contribution is 2.21. The molecule has 1 amide bonds. The van der Waals surface area contributed by atoms with Crippen LogP contribution in [-0.2, 0) is 6.42 Å². The number of nitrogens with one attached hydrogen (secondary N) is 1. The van der Waals surface area contributed by atoms with Crippen LogP contribution in [0.5, 0.6) is 0 Å².